The SMILES string of the molecule is OCc1ccc(CNc2nc(Cl)nc3c2ncn3C2CCCO2)o1. The van der Waals surface area contributed by atoms with E-state index >= 15 is 0 Å². The molecule has 1 aliphatic rings. The highest BCUT2D eigenvalue weighted by molar-refractivity contribution is 6.28. The summed E-state index contributed by atoms with van der Waals surface area (Å²) in [5.74, 6) is 1.73. The van der Waals surface area contributed by atoms with E-state index in [2.05, 4.69) is 20.3 Å². The molecule has 2 N–H and O–H groups in total. The number of rotatable bonds is 5. The molecule has 3 aromatic rings. The molecule has 9 heteroatoms. The summed E-state index contributed by atoms with van der Waals surface area (Å²) in [7, 11) is 0. The molecule has 0 aromatic carbocycles. The minimum Gasteiger partial charge on any atom is -0.462 e. The molecular weight excluding hydrogens is 334 g/mol. The van der Waals surface area contributed by atoms with Crippen LogP contribution in [0.4, 0.5) is 5.82 Å². The quantitative estimate of drug-likeness (QED) is 0.683. The summed E-state index contributed by atoms with van der Waals surface area (Å²) in [6, 6.07) is 3.52. The fourth-order valence-corrected chi connectivity index (χ4v) is 2.94. The lowest BCUT2D eigenvalue weighted by molar-refractivity contribution is 0.0593. The molecule has 126 valence electrons. The molecule has 8 nitrogen and oxygen atoms in total. The van der Waals surface area contributed by atoms with Crippen molar-refractivity contribution in [2.24, 2.45) is 0 Å². The lowest BCUT2D eigenvalue weighted by atomic mass is 10.3. The van der Waals surface area contributed by atoms with Gasteiger partial charge in [0.25, 0.3) is 0 Å². The van der Waals surface area contributed by atoms with Crippen molar-refractivity contribution in [3.8, 4) is 0 Å². The maximum absolute atomic E-state index is 9.04. The minimum absolute atomic E-state index is 0.0639. The summed E-state index contributed by atoms with van der Waals surface area (Å²) in [6.07, 6.45) is 3.57. The van der Waals surface area contributed by atoms with E-state index in [-0.39, 0.29) is 18.1 Å². The first kappa shape index (κ1) is 15.4. The average molecular weight is 350 g/mol. The number of nitrogens with zero attached hydrogens (tertiary/aromatic N) is 4. The maximum atomic E-state index is 9.04. The highest BCUT2D eigenvalue weighted by Gasteiger charge is 2.22. The van der Waals surface area contributed by atoms with Gasteiger partial charge in [-0.1, -0.05) is 0 Å². The number of hydrogen-bond donors (Lipinski definition) is 2. The molecule has 24 heavy (non-hydrogen) atoms. The van der Waals surface area contributed by atoms with Crippen LogP contribution in [0.3, 0.4) is 0 Å². The van der Waals surface area contributed by atoms with E-state index in [4.69, 9.17) is 25.9 Å². The van der Waals surface area contributed by atoms with Crippen LogP contribution in [-0.2, 0) is 17.9 Å². The average Bonchev–Trinajstić information content (AvgIpc) is 3.31. The minimum atomic E-state index is -0.130. The van der Waals surface area contributed by atoms with E-state index in [1.54, 1.807) is 18.5 Å². The van der Waals surface area contributed by atoms with Gasteiger partial charge in [-0.3, -0.25) is 4.57 Å². The summed E-state index contributed by atoms with van der Waals surface area (Å²) in [5.41, 5.74) is 1.27. The molecule has 1 atom stereocenters. The number of imidazole rings is 1. The third-order valence-corrected chi connectivity index (χ3v) is 4.08. The van der Waals surface area contributed by atoms with E-state index in [9.17, 15) is 0 Å². The van der Waals surface area contributed by atoms with Crippen LogP contribution in [0.25, 0.3) is 11.2 Å². The van der Waals surface area contributed by atoms with E-state index < -0.39 is 0 Å². The predicted molar refractivity (Wildman–Crippen MR) is 86.5 cm³/mol. The molecular formula is C15H16ClN5O3. The number of aliphatic hydroxyl groups excluding tert-OH is 1. The predicted octanol–water partition coefficient (Wildman–Crippen LogP) is 2.49. The number of halogens is 1. The van der Waals surface area contributed by atoms with Crippen LogP contribution in [0, 0.1) is 0 Å². The van der Waals surface area contributed by atoms with Gasteiger partial charge in [-0.2, -0.15) is 9.97 Å². The Hall–Kier alpha value is -2.16. The Balaban J connectivity index is 1.62. The van der Waals surface area contributed by atoms with Gasteiger partial charge in [0.2, 0.25) is 5.28 Å². The van der Waals surface area contributed by atoms with E-state index in [0.29, 0.717) is 35.0 Å². The molecule has 1 fully saturated rings. The molecule has 3 aromatic heterocycles. The second-order valence-corrected chi connectivity index (χ2v) is 5.85. The lowest BCUT2D eigenvalue weighted by Gasteiger charge is -2.12. The van der Waals surface area contributed by atoms with Crippen molar-refractivity contribution in [1.82, 2.24) is 19.5 Å². The number of aromatic nitrogens is 4. The van der Waals surface area contributed by atoms with Gasteiger partial charge in [0.05, 0.1) is 12.9 Å². The third kappa shape index (κ3) is 2.83. The standard InChI is InChI=1S/C15H16ClN5O3/c16-15-19-13(17-6-9-3-4-10(7-22)24-9)12-14(20-15)21(8-18-12)11-2-1-5-23-11/h3-4,8,11,22H,1-2,5-7H2,(H,17,19,20). The second-order valence-electron chi connectivity index (χ2n) is 5.51. The number of hydrogen-bond acceptors (Lipinski definition) is 7. The van der Waals surface area contributed by atoms with Gasteiger partial charge < -0.3 is 19.6 Å². The Kier molecular flexibility index (Phi) is 4.09. The molecule has 0 saturated carbocycles. The van der Waals surface area contributed by atoms with Gasteiger partial charge >= 0.3 is 0 Å². The van der Waals surface area contributed by atoms with Crippen LogP contribution >= 0.6 is 11.6 Å². The number of nitrogens with one attached hydrogen (secondary N) is 1. The lowest BCUT2D eigenvalue weighted by Crippen LogP contribution is -2.08. The molecule has 0 radical (unpaired) electrons. The molecule has 4 rings (SSSR count). The third-order valence-electron chi connectivity index (χ3n) is 3.91. The largest absolute Gasteiger partial charge is 0.462 e. The van der Waals surface area contributed by atoms with Crippen molar-refractivity contribution in [3.05, 3.63) is 35.3 Å². The number of furan rings is 1. The van der Waals surface area contributed by atoms with Crippen LogP contribution in [0.2, 0.25) is 5.28 Å². The summed E-state index contributed by atoms with van der Waals surface area (Å²) < 4.78 is 13.0. The van der Waals surface area contributed by atoms with Gasteiger partial charge in [-0.15, -0.1) is 0 Å². The Morgan fingerprint density at radius 1 is 1.33 bits per heavy atom. The molecule has 0 aliphatic carbocycles. The van der Waals surface area contributed by atoms with Crippen molar-refractivity contribution in [3.63, 3.8) is 0 Å². The molecule has 4 heterocycles. The molecule has 1 saturated heterocycles. The summed E-state index contributed by atoms with van der Waals surface area (Å²) in [5, 5.41) is 12.3. The molecule has 0 amide bonds. The first-order valence-corrected chi connectivity index (χ1v) is 8.06. The topological polar surface area (TPSA) is 98.2 Å². The van der Waals surface area contributed by atoms with E-state index in [1.165, 1.54) is 0 Å². The van der Waals surface area contributed by atoms with Gasteiger partial charge in [-0.05, 0) is 36.6 Å². The monoisotopic (exact) mass is 349 g/mol. The zero-order valence-electron chi connectivity index (χ0n) is 12.8. The maximum Gasteiger partial charge on any atom is 0.226 e. The fraction of sp³-hybridized carbons (Fsp3) is 0.400. The summed E-state index contributed by atoms with van der Waals surface area (Å²) in [4.78, 5) is 12.9. The van der Waals surface area contributed by atoms with Gasteiger partial charge in [-0.25, -0.2) is 4.98 Å². The molecule has 0 spiro atoms. The first-order chi connectivity index (χ1) is 11.7. The fourth-order valence-electron chi connectivity index (χ4n) is 2.78. The Morgan fingerprint density at radius 3 is 2.96 bits per heavy atom. The molecule has 0 bridgehead atoms. The second kappa shape index (κ2) is 6.39. The summed E-state index contributed by atoms with van der Waals surface area (Å²) >= 11 is 6.07. The normalized spacial score (nSPS) is 17.7. The number of ether oxygens (including phenoxy) is 1. The Morgan fingerprint density at radius 2 is 2.21 bits per heavy atom. The first-order valence-electron chi connectivity index (χ1n) is 7.68. The molecule has 1 aliphatic heterocycles. The highest BCUT2D eigenvalue weighted by atomic mass is 35.5. The van der Waals surface area contributed by atoms with E-state index in [1.807, 2.05) is 4.57 Å². The van der Waals surface area contributed by atoms with Crippen LogP contribution in [-0.4, -0.2) is 31.2 Å². The van der Waals surface area contributed by atoms with Gasteiger partial charge in [0.1, 0.15) is 24.4 Å². The van der Waals surface area contributed by atoms with E-state index in [0.717, 1.165) is 19.4 Å². The Bertz CT molecular complexity index is 856. The number of aliphatic hydroxyl groups is 1. The van der Waals surface area contributed by atoms with Crippen LogP contribution in [0.15, 0.2) is 22.9 Å². The number of anilines is 1. The van der Waals surface area contributed by atoms with Crippen LogP contribution < -0.4 is 5.32 Å². The van der Waals surface area contributed by atoms with Crippen molar-refractivity contribution in [2.45, 2.75) is 32.2 Å². The Labute approximate surface area is 142 Å². The zero-order chi connectivity index (χ0) is 16.5. The van der Waals surface area contributed by atoms with Crippen molar-refractivity contribution in [2.75, 3.05) is 11.9 Å². The number of fused-ring (bicyclic) bond motifs is 1. The zero-order valence-corrected chi connectivity index (χ0v) is 13.5. The highest BCUT2D eigenvalue weighted by Crippen LogP contribution is 2.29. The van der Waals surface area contributed by atoms with Crippen molar-refractivity contribution < 1.29 is 14.3 Å². The van der Waals surface area contributed by atoms with Crippen LogP contribution in [0.5, 0.6) is 0 Å². The van der Waals surface area contributed by atoms with Crippen molar-refractivity contribution >= 4 is 28.6 Å². The smallest absolute Gasteiger partial charge is 0.226 e. The van der Waals surface area contributed by atoms with Gasteiger partial charge in [0, 0.05) is 6.61 Å². The van der Waals surface area contributed by atoms with Gasteiger partial charge in [0.15, 0.2) is 17.0 Å². The molecule has 1 unspecified atom stereocenters. The summed E-state index contributed by atoms with van der Waals surface area (Å²) in [6.45, 7) is 1.00. The van der Waals surface area contributed by atoms with Crippen molar-refractivity contribution in [1.29, 1.82) is 0 Å². The van der Waals surface area contributed by atoms with Crippen LogP contribution in [0.1, 0.15) is 30.6 Å².